The van der Waals surface area contributed by atoms with Crippen molar-refractivity contribution in [3.05, 3.63) is 94.5 Å². The van der Waals surface area contributed by atoms with E-state index in [-0.39, 0.29) is 17.8 Å². The van der Waals surface area contributed by atoms with Crippen molar-refractivity contribution in [2.75, 3.05) is 13.1 Å². The Labute approximate surface area is 289 Å². The Morgan fingerprint density at radius 2 is 1.71 bits per heavy atom. The number of hydrogen-bond donors (Lipinski definition) is 1. The van der Waals surface area contributed by atoms with Gasteiger partial charge in [-0.3, -0.25) is 14.5 Å². The molecular weight excluding hydrogens is 641 g/mol. The molecule has 2 aliphatic heterocycles. The van der Waals surface area contributed by atoms with Crippen molar-refractivity contribution >= 4 is 22.0 Å². The molecule has 1 saturated carbocycles. The van der Waals surface area contributed by atoms with Crippen LogP contribution in [0.15, 0.2) is 66.7 Å². The minimum Gasteiger partial charge on any atom is -0.483 e. The van der Waals surface area contributed by atoms with Crippen LogP contribution in [-0.4, -0.2) is 62.1 Å². The van der Waals surface area contributed by atoms with E-state index in [9.17, 15) is 18.0 Å². The van der Waals surface area contributed by atoms with E-state index < -0.39 is 39.2 Å². The van der Waals surface area contributed by atoms with Crippen LogP contribution < -0.4 is 14.2 Å². The summed E-state index contributed by atoms with van der Waals surface area (Å²) in [6.07, 6.45) is 3.07. The van der Waals surface area contributed by atoms with Gasteiger partial charge in [-0.2, -0.15) is 0 Å². The van der Waals surface area contributed by atoms with Crippen molar-refractivity contribution in [1.82, 2.24) is 9.62 Å². The lowest BCUT2D eigenvalue weighted by Crippen LogP contribution is -2.79. The molecular formula is C39H46N2O7S. The summed E-state index contributed by atoms with van der Waals surface area (Å²) < 4.78 is 50.2. The number of carbonyl (C=O) groups is 2. The van der Waals surface area contributed by atoms with Gasteiger partial charge in [0.1, 0.15) is 11.7 Å². The van der Waals surface area contributed by atoms with E-state index in [0.29, 0.717) is 43.1 Å². The summed E-state index contributed by atoms with van der Waals surface area (Å²) in [6.45, 7) is 8.56. The largest absolute Gasteiger partial charge is 0.483 e. The van der Waals surface area contributed by atoms with E-state index in [1.165, 1.54) is 19.4 Å². The molecule has 3 aromatic rings. The second-order valence-corrected chi connectivity index (χ2v) is 16.4. The minimum absolute atomic E-state index is 0.140. The Balaban J connectivity index is 1.28. The molecule has 5 atom stereocenters. The molecule has 4 aliphatic rings. The third kappa shape index (κ3) is 5.95. The monoisotopic (exact) mass is 686 g/mol. The SMILES string of the molecule is CC(=O)Oc1ccc2c3c1O[C@H]1[C@@H](NS(=O)(=O)Cc4ccccc4CC(C)C)CC[C@@]4(OC(C)=O)[C@@H](C2)N(CCc2ccccc2)CC[C@]314. The molecule has 2 fully saturated rings. The van der Waals surface area contributed by atoms with Gasteiger partial charge in [0.25, 0.3) is 0 Å². The Morgan fingerprint density at radius 3 is 2.43 bits per heavy atom. The zero-order valence-electron chi connectivity index (χ0n) is 28.7. The highest BCUT2D eigenvalue weighted by Gasteiger charge is 2.75. The summed E-state index contributed by atoms with van der Waals surface area (Å²) in [7, 11) is -3.81. The minimum atomic E-state index is -3.81. The lowest BCUT2D eigenvalue weighted by molar-refractivity contribution is -0.218. The smallest absolute Gasteiger partial charge is 0.308 e. The first-order valence-corrected chi connectivity index (χ1v) is 19.1. The van der Waals surface area contributed by atoms with Gasteiger partial charge in [0, 0.05) is 26.0 Å². The average molecular weight is 687 g/mol. The van der Waals surface area contributed by atoms with Crippen molar-refractivity contribution in [2.24, 2.45) is 5.92 Å². The van der Waals surface area contributed by atoms with E-state index >= 15 is 0 Å². The summed E-state index contributed by atoms with van der Waals surface area (Å²) >= 11 is 0. The van der Waals surface area contributed by atoms with Gasteiger partial charge in [-0.05, 0) is 79.3 Å². The lowest BCUT2D eigenvalue weighted by atomic mass is 9.48. The van der Waals surface area contributed by atoms with Crippen LogP contribution in [0, 0.1) is 5.92 Å². The summed E-state index contributed by atoms with van der Waals surface area (Å²) in [4.78, 5) is 27.8. The summed E-state index contributed by atoms with van der Waals surface area (Å²) in [5.74, 6) is 0.155. The Hall–Kier alpha value is -3.73. The van der Waals surface area contributed by atoms with Gasteiger partial charge in [0.2, 0.25) is 10.0 Å². The zero-order chi connectivity index (χ0) is 34.6. The Bertz CT molecular complexity index is 1860. The van der Waals surface area contributed by atoms with Crippen molar-refractivity contribution < 1.29 is 32.2 Å². The fourth-order valence-corrected chi connectivity index (χ4v) is 10.9. The van der Waals surface area contributed by atoms with E-state index in [0.717, 1.165) is 48.2 Å². The predicted octanol–water partition coefficient (Wildman–Crippen LogP) is 5.27. The highest BCUT2D eigenvalue weighted by Crippen LogP contribution is 2.66. The van der Waals surface area contributed by atoms with E-state index in [1.54, 1.807) is 6.07 Å². The molecule has 0 aromatic heterocycles. The summed E-state index contributed by atoms with van der Waals surface area (Å²) in [6, 6.07) is 21.1. The van der Waals surface area contributed by atoms with Gasteiger partial charge in [-0.1, -0.05) is 74.5 Å². The number of likely N-dealkylation sites (tertiary alicyclic amines) is 1. The highest BCUT2D eigenvalue weighted by atomic mass is 32.2. The van der Waals surface area contributed by atoms with Crippen LogP contribution in [0.5, 0.6) is 11.5 Å². The van der Waals surface area contributed by atoms with E-state index in [4.69, 9.17) is 14.2 Å². The van der Waals surface area contributed by atoms with E-state index in [2.05, 4.69) is 35.6 Å². The quantitative estimate of drug-likeness (QED) is 0.215. The molecule has 1 spiro atoms. The Morgan fingerprint density at radius 1 is 0.980 bits per heavy atom. The molecule has 7 rings (SSSR count). The molecule has 2 heterocycles. The molecule has 0 unspecified atom stereocenters. The first-order chi connectivity index (χ1) is 23.4. The van der Waals surface area contributed by atoms with Crippen LogP contribution >= 0.6 is 0 Å². The van der Waals surface area contributed by atoms with Gasteiger partial charge in [0.05, 0.1) is 23.3 Å². The number of benzene rings is 3. The maximum Gasteiger partial charge on any atom is 0.308 e. The number of piperidine rings is 1. The first kappa shape index (κ1) is 33.8. The number of nitrogens with zero attached hydrogens (tertiary/aromatic N) is 1. The fourth-order valence-electron chi connectivity index (χ4n) is 9.41. The molecule has 0 amide bonds. The van der Waals surface area contributed by atoms with Gasteiger partial charge in [-0.15, -0.1) is 0 Å². The molecule has 2 aliphatic carbocycles. The van der Waals surface area contributed by atoms with Gasteiger partial charge in [-0.25, -0.2) is 13.1 Å². The average Bonchev–Trinajstić information content (AvgIpc) is 3.39. The molecule has 2 bridgehead atoms. The predicted molar refractivity (Wildman–Crippen MR) is 186 cm³/mol. The summed E-state index contributed by atoms with van der Waals surface area (Å²) in [5.41, 5.74) is 3.19. The van der Waals surface area contributed by atoms with Crippen LogP contribution in [0.3, 0.4) is 0 Å². The van der Waals surface area contributed by atoms with E-state index in [1.807, 2.05) is 48.5 Å². The van der Waals surface area contributed by atoms with Crippen LogP contribution in [0.4, 0.5) is 0 Å². The van der Waals surface area contributed by atoms with Crippen molar-refractivity contribution in [1.29, 1.82) is 0 Å². The number of ether oxygens (including phenoxy) is 3. The maximum absolute atomic E-state index is 14.0. The Kier molecular flexibility index (Phi) is 8.86. The maximum atomic E-state index is 14.0. The second kappa shape index (κ2) is 12.9. The second-order valence-electron chi connectivity index (χ2n) is 14.6. The molecule has 260 valence electrons. The van der Waals surface area contributed by atoms with Crippen molar-refractivity contribution in [3.8, 4) is 11.5 Å². The first-order valence-electron chi connectivity index (χ1n) is 17.5. The summed E-state index contributed by atoms with van der Waals surface area (Å²) in [5, 5.41) is 0. The molecule has 9 nitrogen and oxygen atoms in total. The molecule has 3 aromatic carbocycles. The van der Waals surface area contributed by atoms with Gasteiger partial charge in [0.15, 0.2) is 11.5 Å². The third-order valence-electron chi connectivity index (χ3n) is 11.1. The number of hydrogen-bond acceptors (Lipinski definition) is 8. The number of esters is 2. The van der Waals surface area contributed by atoms with Crippen LogP contribution in [0.25, 0.3) is 0 Å². The molecule has 10 heteroatoms. The topological polar surface area (TPSA) is 111 Å². The third-order valence-corrected chi connectivity index (χ3v) is 12.4. The highest BCUT2D eigenvalue weighted by molar-refractivity contribution is 7.88. The lowest BCUT2D eigenvalue weighted by Gasteiger charge is -2.65. The number of sulfonamides is 1. The zero-order valence-corrected chi connectivity index (χ0v) is 29.6. The van der Waals surface area contributed by atoms with Crippen LogP contribution in [0.1, 0.15) is 74.8 Å². The van der Waals surface area contributed by atoms with Crippen LogP contribution in [0.2, 0.25) is 0 Å². The number of nitrogens with one attached hydrogen (secondary N) is 1. The van der Waals surface area contributed by atoms with Gasteiger partial charge >= 0.3 is 11.9 Å². The van der Waals surface area contributed by atoms with Crippen molar-refractivity contribution in [3.63, 3.8) is 0 Å². The molecule has 1 saturated heterocycles. The molecule has 0 radical (unpaired) electrons. The van der Waals surface area contributed by atoms with Gasteiger partial charge < -0.3 is 14.2 Å². The van der Waals surface area contributed by atoms with Crippen molar-refractivity contribution in [2.45, 2.75) is 101 Å². The molecule has 1 N–H and O–H groups in total. The number of rotatable bonds is 11. The normalized spacial score (nSPS) is 26.9. The number of carbonyl (C=O) groups excluding carboxylic acids is 2. The molecule has 49 heavy (non-hydrogen) atoms. The fraction of sp³-hybridized carbons (Fsp3) is 0.487. The standard InChI is InChI=1S/C39H46N2O7S/c1-25(2)22-29-12-8-9-13-31(29)24-49(44,45)40-32-16-18-39(48-27(4)43)34-23-30-14-15-33(46-26(3)42)36-35(30)38(39,37(32)47-36)19-21-41(34)20-17-28-10-6-5-7-11-28/h5-15,25,32,34,37,40H,16-24H2,1-4H3/t32-,34+,37-,38-,39+/m0/s1. The van der Waals surface area contributed by atoms with Crippen LogP contribution in [-0.2, 0) is 54.8 Å².